The first kappa shape index (κ1) is 16.4. The van der Waals surface area contributed by atoms with Gasteiger partial charge in [-0.15, -0.1) is 0 Å². The molecule has 1 unspecified atom stereocenters. The third kappa shape index (κ3) is 3.62. The van der Waals surface area contributed by atoms with Crippen molar-refractivity contribution in [2.24, 2.45) is 5.41 Å². The summed E-state index contributed by atoms with van der Waals surface area (Å²) >= 11 is 0. The molecule has 0 heterocycles. The molecule has 0 bridgehead atoms. The van der Waals surface area contributed by atoms with Gasteiger partial charge in [0.15, 0.2) is 6.04 Å². The molecule has 0 spiro atoms. The van der Waals surface area contributed by atoms with Gasteiger partial charge in [0.25, 0.3) is 0 Å². The van der Waals surface area contributed by atoms with Gasteiger partial charge in [0.1, 0.15) is 5.82 Å². The molecular weight excluding hydrogens is 289 g/mol. The lowest BCUT2D eigenvalue weighted by atomic mass is 9.64. The molecule has 0 aromatic heterocycles. The van der Waals surface area contributed by atoms with Crippen LogP contribution in [0.3, 0.4) is 0 Å². The van der Waals surface area contributed by atoms with Gasteiger partial charge in [-0.05, 0) is 37.0 Å². The second kappa shape index (κ2) is 6.87. The van der Waals surface area contributed by atoms with Gasteiger partial charge >= 0.3 is 5.97 Å². The first-order chi connectivity index (χ1) is 10.5. The SMILES string of the molecule is COCC(NC(=O)C1(Cc2cccc(F)c2)CCC1)C(=O)O. The fraction of sp³-hybridized carbons (Fsp3) is 0.500. The van der Waals surface area contributed by atoms with Crippen molar-refractivity contribution in [2.75, 3.05) is 13.7 Å². The summed E-state index contributed by atoms with van der Waals surface area (Å²) in [5, 5.41) is 11.6. The zero-order valence-electron chi connectivity index (χ0n) is 12.5. The maximum Gasteiger partial charge on any atom is 0.328 e. The summed E-state index contributed by atoms with van der Waals surface area (Å²) < 4.78 is 18.1. The van der Waals surface area contributed by atoms with E-state index in [1.807, 2.05) is 0 Å². The van der Waals surface area contributed by atoms with Gasteiger partial charge in [0.05, 0.1) is 12.0 Å². The number of carbonyl (C=O) groups excluding carboxylic acids is 1. The Morgan fingerprint density at radius 3 is 2.68 bits per heavy atom. The van der Waals surface area contributed by atoms with Crippen LogP contribution in [0.15, 0.2) is 24.3 Å². The highest BCUT2D eigenvalue weighted by molar-refractivity contribution is 5.88. The first-order valence-electron chi connectivity index (χ1n) is 7.24. The third-order valence-corrected chi connectivity index (χ3v) is 4.16. The van der Waals surface area contributed by atoms with E-state index in [9.17, 15) is 14.0 Å². The van der Waals surface area contributed by atoms with Crippen LogP contribution < -0.4 is 5.32 Å². The molecule has 1 aromatic carbocycles. The van der Waals surface area contributed by atoms with Gasteiger partial charge in [-0.1, -0.05) is 18.6 Å². The fourth-order valence-corrected chi connectivity index (χ4v) is 2.78. The predicted molar refractivity (Wildman–Crippen MR) is 77.8 cm³/mol. The second-order valence-corrected chi connectivity index (χ2v) is 5.76. The molecule has 1 amide bonds. The average Bonchev–Trinajstić information content (AvgIpc) is 2.42. The third-order valence-electron chi connectivity index (χ3n) is 4.16. The van der Waals surface area contributed by atoms with Crippen molar-refractivity contribution >= 4 is 11.9 Å². The molecule has 5 nitrogen and oxygen atoms in total. The van der Waals surface area contributed by atoms with Crippen molar-refractivity contribution < 1.29 is 23.8 Å². The number of halogens is 1. The predicted octanol–water partition coefficient (Wildman–Crippen LogP) is 1.75. The minimum atomic E-state index is -1.13. The molecule has 2 rings (SSSR count). The largest absolute Gasteiger partial charge is 0.480 e. The number of hydrogen-bond acceptors (Lipinski definition) is 3. The van der Waals surface area contributed by atoms with Crippen molar-refractivity contribution in [3.63, 3.8) is 0 Å². The molecule has 6 heteroatoms. The Kier molecular flexibility index (Phi) is 5.13. The highest BCUT2D eigenvalue weighted by Gasteiger charge is 2.45. The molecule has 1 fully saturated rings. The summed E-state index contributed by atoms with van der Waals surface area (Å²) in [5.41, 5.74) is 0.100. The van der Waals surface area contributed by atoms with Gasteiger partial charge in [-0.25, -0.2) is 9.18 Å². The highest BCUT2D eigenvalue weighted by Crippen LogP contribution is 2.44. The molecular formula is C16H20FNO4. The van der Waals surface area contributed by atoms with E-state index >= 15 is 0 Å². The molecule has 2 N–H and O–H groups in total. The fourth-order valence-electron chi connectivity index (χ4n) is 2.78. The lowest BCUT2D eigenvalue weighted by Crippen LogP contribution is -2.53. The maximum absolute atomic E-state index is 13.3. The van der Waals surface area contributed by atoms with E-state index < -0.39 is 17.4 Å². The number of carboxylic acid groups (broad SMARTS) is 1. The molecule has 120 valence electrons. The van der Waals surface area contributed by atoms with Crippen LogP contribution in [0, 0.1) is 11.2 Å². The molecule has 1 saturated carbocycles. The molecule has 22 heavy (non-hydrogen) atoms. The lowest BCUT2D eigenvalue weighted by molar-refractivity contribution is -0.147. The smallest absolute Gasteiger partial charge is 0.328 e. The van der Waals surface area contributed by atoms with Gasteiger partial charge in [0.2, 0.25) is 5.91 Å². The zero-order valence-corrected chi connectivity index (χ0v) is 12.5. The number of rotatable bonds is 7. The Morgan fingerprint density at radius 2 is 2.18 bits per heavy atom. The molecule has 1 aliphatic rings. The van der Waals surface area contributed by atoms with Crippen LogP contribution in [0.1, 0.15) is 24.8 Å². The van der Waals surface area contributed by atoms with E-state index in [1.165, 1.54) is 19.2 Å². The van der Waals surface area contributed by atoms with Crippen LogP contribution in [0.2, 0.25) is 0 Å². The molecule has 1 aromatic rings. The summed E-state index contributed by atoms with van der Waals surface area (Å²) in [4.78, 5) is 23.6. The van der Waals surface area contributed by atoms with Crippen molar-refractivity contribution in [1.29, 1.82) is 0 Å². The van der Waals surface area contributed by atoms with E-state index in [0.717, 1.165) is 12.0 Å². The Hall–Kier alpha value is -1.95. The van der Waals surface area contributed by atoms with Crippen molar-refractivity contribution in [3.8, 4) is 0 Å². The molecule has 0 aliphatic heterocycles. The van der Waals surface area contributed by atoms with Crippen LogP contribution >= 0.6 is 0 Å². The number of methoxy groups -OCH3 is 1. The van der Waals surface area contributed by atoms with E-state index in [1.54, 1.807) is 12.1 Å². The van der Waals surface area contributed by atoms with Crippen LogP contribution in [-0.4, -0.2) is 36.7 Å². The topological polar surface area (TPSA) is 75.6 Å². The Bertz CT molecular complexity index is 557. The molecule has 0 radical (unpaired) electrons. The number of ether oxygens (including phenoxy) is 1. The highest BCUT2D eigenvalue weighted by atomic mass is 19.1. The van der Waals surface area contributed by atoms with Crippen LogP contribution in [-0.2, 0) is 20.7 Å². The van der Waals surface area contributed by atoms with E-state index in [4.69, 9.17) is 9.84 Å². The Balaban J connectivity index is 2.09. The molecule has 0 saturated heterocycles. The van der Waals surface area contributed by atoms with E-state index in [-0.39, 0.29) is 18.3 Å². The standard InChI is InChI=1S/C16H20FNO4/c1-22-10-13(14(19)20)18-15(21)16(6-3-7-16)9-11-4-2-5-12(17)8-11/h2,4-5,8,13H,3,6-7,9-10H2,1H3,(H,18,21)(H,19,20). The second-order valence-electron chi connectivity index (χ2n) is 5.76. The quantitative estimate of drug-likeness (QED) is 0.804. The number of nitrogens with one attached hydrogen (secondary N) is 1. The van der Waals surface area contributed by atoms with Crippen molar-refractivity contribution in [2.45, 2.75) is 31.7 Å². The summed E-state index contributed by atoms with van der Waals surface area (Å²) in [6, 6.07) is 5.09. The molecule has 1 aliphatic carbocycles. The van der Waals surface area contributed by atoms with Gasteiger partial charge in [-0.2, -0.15) is 0 Å². The van der Waals surface area contributed by atoms with Crippen LogP contribution in [0.5, 0.6) is 0 Å². The summed E-state index contributed by atoms with van der Waals surface area (Å²) in [6.07, 6.45) is 2.67. The number of benzene rings is 1. The minimum Gasteiger partial charge on any atom is -0.480 e. The normalized spacial score (nSPS) is 17.4. The van der Waals surface area contributed by atoms with Crippen LogP contribution in [0.4, 0.5) is 4.39 Å². The van der Waals surface area contributed by atoms with Gasteiger partial charge < -0.3 is 15.2 Å². The maximum atomic E-state index is 13.3. The van der Waals surface area contributed by atoms with Gasteiger partial charge in [-0.3, -0.25) is 4.79 Å². The Morgan fingerprint density at radius 1 is 1.45 bits per heavy atom. The Labute approximate surface area is 128 Å². The molecule has 1 atom stereocenters. The average molecular weight is 309 g/mol. The minimum absolute atomic E-state index is 0.0862. The number of aliphatic carboxylic acids is 1. The number of hydrogen-bond donors (Lipinski definition) is 2. The monoisotopic (exact) mass is 309 g/mol. The number of carbonyl (C=O) groups is 2. The van der Waals surface area contributed by atoms with Gasteiger partial charge in [0, 0.05) is 7.11 Å². The van der Waals surface area contributed by atoms with Crippen molar-refractivity contribution in [3.05, 3.63) is 35.6 Å². The lowest BCUT2D eigenvalue weighted by Gasteiger charge is -2.41. The summed E-state index contributed by atoms with van der Waals surface area (Å²) in [7, 11) is 1.38. The van der Waals surface area contributed by atoms with Crippen molar-refractivity contribution in [1.82, 2.24) is 5.32 Å². The van der Waals surface area contributed by atoms with E-state index in [0.29, 0.717) is 19.3 Å². The zero-order chi connectivity index (χ0) is 16.2. The first-order valence-corrected chi connectivity index (χ1v) is 7.24. The summed E-state index contributed by atoms with van der Waals surface area (Å²) in [5.74, 6) is -1.77. The number of amides is 1. The van der Waals surface area contributed by atoms with Crippen LogP contribution in [0.25, 0.3) is 0 Å². The number of carboxylic acids is 1. The van der Waals surface area contributed by atoms with E-state index in [2.05, 4.69) is 5.32 Å². The summed E-state index contributed by atoms with van der Waals surface area (Å²) in [6.45, 7) is -0.0862.